The highest BCUT2D eigenvalue weighted by atomic mass is 16.5. The summed E-state index contributed by atoms with van der Waals surface area (Å²) in [7, 11) is 0. The van der Waals surface area contributed by atoms with Crippen LogP contribution in [0.2, 0.25) is 0 Å². The van der Waals surface area contributed by atoms with E-state index >= 15 is 0 Å². The van der Waals surface area contributed by atoms with Crippen molar-refractivity contribution < 1.29 is 4.74 Å². The maximum absolute atomic E-state index is 5.15. The molecule has 0 radical (unpaired) electrons. The van der Waals surface area contributed by atoms with E-state index < -0.39 is 0 Å². The summed E-state index contributed by atoms with van der Waals surface area (Å²) in [4.78, 5) is 0. The normalized spacial score (nSPS) is 31.0. The van der Waals surface area contributed by atoms with Gasteiger partial charge >= 0.3 is 0 Å². The molecule has 0 aromatic heterocycles. The van der Waals surface area contributed by atoms with Crippen molar-refractivity contribution in [1.29, 1.82) is 0 Å². The number of ether oxygens (including phenoxy) is 1. The SMILES string of the molecule is CC1C=CCOC/C=C\1. The number of rotatable bonds is 0. The molecule has 1 aliphatic heterocycles. The second-order valence-corrected chi connectivity index (χ2v) is 2.25. The fraction of sp³-hybridized carbons (Fsp3) is 0.500. The van der Waals surface area contributed by atoms with E-state index in [9.17, 15) is 0 Å². The van der Waals surface area contributed by atoms with Gasteiger partial charge in [0.25, 0.3) is 0 Å². The molecule has 1 atom stereocenters. The van der Waals surface area contributed by atoms with Crippen molar-refractivity contribution in [3.63, 3.8) is 0 Å². The van der Waals surface area contributed by atoms with E-state index in [1.807, 2.05) is 0 Å². The molecule has 1 rings (SSSR count). The van der Waals surface area contributed by atoms with Crippen molar-refractivity contribution in [3.8, 4) is 0 Å². The van der Waals surface area contributed by atoms with Gasteiger partial charge in [-0.1, -0.05) is 31.2 Å². The Morgan fingerprint density at radius 2 is 1.78 bits per heavy atom. The zero-order chi connectivity index (χ0) is 6.53. The first-order valence-corrected chi connectivity index (χ1v) is 3.30. The molecule has 0 fully saturated rings. The maximum Gasteiger partial charge on any atom is 0.0651 e. The lowest BCUT2D eigenvalue weighted by molar-refractivity contribution is 0.192. The molecule has 0 bridgehead atoms. The van der Waals surface area contributed by atoms with Crippen LogP contribution in [0.1, 0.15) is 6.92 Å². The molecule has 0 N–H and O–H groups in total. The van der Waals surface area contributed by atoms with E-state index in [2.05, 4.69) is 31.2 Å². The molecule has 1 unspecified atom stereocenters. The Morgan fingerprint density at radius 1 is 1.22 bits per heavy atom. The molecule has 0 aromatic carbocycles. The summed E-state index contributed by atoms with van der Waals surface area (Å²) in [5.41, 5.74) is 0. The summed E-state index contributed by atoms with van der Waals surface area (Å²) in [6, 6.07) is 0. The van der Waals surface area contributed by atoms with E-state index in [0.717, 1.165) is 13.2 Å². The molecule has 1 aliphatic rings. The molecular formula is C8H12O. The summed E-state index contributed by atoms with van der Waals surface area (Å²) >= 11 is 0. The number of hydrogen-bond donors (Lipinski definition) is 0. The zero-order valence-corrected chi connectivity index (χ0v) is 5.71. The maximum atomic E-state index is 5.15. The second kappa shape index (κ2) is 3.46. The van der Waals surface area contributed by atoms with Gasteiger partial charge < -0.3 is 4.74 Å². The van der Waals surface area contributed by atoms with Crippen molar-refractivity contribution in [2.24, 2.45) is 5.92 Å². The highest BCUT2D eigenvalue weighted by Gasteiger charge is 1.91. The first kappa shape index (κ1) is 6.56. The van der Waals surface area contributed by atoms with Gasteiger partial charge in [0.2, 0.25) is 0 Å². The predicted molar refractivity (Wildman–Crippen MR) is 38.3 cm³/mol. The Morgan fingerprint density at radius 3 is 2.33 bits per heavy atom. The third kappa shape index (κ3) is 2.47. The lowest BCUT2D eigenvalue weighted by Gasteiger charge is -2.02. The van der Waals surface area contributed by atoms with Crippen molar-refractivity contribution in [1.82, 2.24) is 0 Å². The van der Waals surface area contributed by atoms with E-state index in [4.69, 9.17) is 4.74 Å². The third-order valence-electron chi connectivity index (χ3n) is 1.31. The molecule has 0 amide bonds. The van der Waals surface area contributed by atoms with Crippen LogP contribution in [-0.4, -0.2) is 13.2 Å². The predicted octanol–water partition coefficient (Wildman–Crippen LogP) is 1.77. The Hall–Kier alpha value is -0.560. The van der Waals surface area contributed by atoms with Gasteiger partial charge in [0.1, 0.15) is 0 Å². The van der Waals surface area contributed by atoms with E-state index in [1.54, 1.807) is 0 Å². The molecule has 1 nitrogen and oxygen atoms in total. The summed E-state index contributed by atoms with van der Waals surface area (Å²) < 4.78 is 5.15. The van der Waals surface area contributed by atoms with Gasteiger partial charge in [-0.3, -0.25) is 0 Å². The quantitative estimate of drug-likeness (QED) is 0.447. The van der Waals surface area contributed by atoms with Gasteiger partial charge in [0.05, 0.1) is 13.2 Å². The van der Waals surface area contributed by atoms with Gasteiger partial charge in [-0.25, -0.2) is 0 Å². The third-order valence-corrected chi connectivity index (χ3v) is 1.31. The molecule has 0 saturated heterocycles. The Labute approximate surface area is 56.0 Å². The van der Waals surface area contributed by atoms with Crippen molar-refractivity contribution in [2.75, 3.05) is 13.2 Å². The lowest BCUT2D eigenvalue weighted by atomic mass is 10.1. The van der Waals surface area contributed by atoms with Crippen LogP contribution in [0.25, 0.3) is 0 Å². The first-order valence-electron chi connectivity index (χ1n) is 3.30. The lowest BCUT2D eigenvalue weighted by Crippen LogP contribution is -1.95. The van der Waals surface area contributed by atoms with Gasteiger partial charge in [0.15, 0.2) is 0 Å². The van der Waals surface area contributed by atoms with Crippen LogP contribution in [0, 0.1) is 5.92 Å². The molecule has 1 heterocycles. The summed E-state index contributed by atoms with van der Waals surface area (Å²) in [5, 5.41) is 0. The van der Waals surface area contributed by atoms with Crippen LogP contribution >= 0.6 is 0 Å². The fourth-order valence-corrected chi connectivity index (χ4v) is 0.809. The van der Waals surface area contributed by atoms with Gasteiger partial charge in [-0.15, -0.1) is 0 Å². The second-order valence-electron chi connectivity index (χ2n) is 2.25. The first-order chi connectivity index (χ1) is 4.39. The minimum Gasteiger partial charge on any atom is -0.373 e. The minimum atomic E-state index is 0.578. The van der Waals surface area contributed by atoms with Crippen molar-refractivity contribution in [2.45, 2.75) is 6.92 Å². The molecule has 9 heavy (non-hydrogen) atoms. The minimum absolute atomic E-state index is 0.578. The topological polar surface area (TPSA) is 9.23 Å². The van der Waals surface area contributed by atoms with E-state index in [0.29, 0.717) is 5.92 Å². The summed E-state index contributed by atoms with van der Waals surface area (Å²) in [5.74, 6) is 0.578. The molecule has 0 aliphatic carbocycles. The Kier molecular flexibility index (Phi) is 2.52. The fourth-order valence-electron chi connectivity index (χ4n) is 0.809. The molecule has 0 aromatic rings. The van der Waals surface area contributed by atoms with Crippen LogP contribution in [0.15, 0.2) is 24.3 Å². The zero-order valence-electron chi connectivity index (χ0n) is 5.71. The molecular weight excluding hydrogens is 112 g/mol. The molecule has 1 heteroatoms. The molecule has 0 saturated carbocycles. The van der Waals surface area contributed by atoms with Gasteiger partial charge in [0, 0.05) is 0 Å². The average Bonchev–Trinajstić information content (AvgIpc) is 1.79. The number of hydrogen-bond acceptors (Lipinski definition) is 1. The van der Waals surface area contributed by atoms with Crippen LogP contribution < -0.4 is 0 Å². The van der Waals surface area contributed by atoms with Crippen LogP contribution in [-0.2, 0) is 4.74 Å². The summed E-state index contributed by atoms with van der Waals surface area (Å²) in [6.45, 7) is 3.68. The highest BCUT2D eigenvalue weighted by molar-refractivity contribution is 5.00. The van der Waals surface area contributed by atoms with Crippen molar-refractivity contribution in [3.05, 3.63) is 24.3 Å². The van der Waals surface area contributed by atoms with Gasteiger partial charge in [-0.2, -0.15) is 0 Å². The van der Waals surface area contributed by atoms with E-state index in [1.165, 1.54) is 0 Å². The van der Waals surface area contributed by atoms with Crippen LogP contribution in [0.4, 0.5) is 0 Å². The molecule has 50 valence electrons. The largest absolute Gasteiger partial charge is 0.373 e. The average molecular weight is 124 g/mol. The van der Waals surface area contributed by atoms with Crippen LogP contribution in [0.3, 0.4) is 0 Å². The molecule has 0 spiro atoms. The monoisotopic (exact) mass is 124 g/mol. The van der Waals surface area contributed by atoms with Crippen LogP contribution in [0.5, 0.6) is 0 Å². The number of allylic oxidation sites excluding steroid dienone is 2. The standard InChI is InChI=1S/C8H12O/c1-8-4-2-6-9-7-3-5-8/h2-5,8H,6-7H2,1H3/b4-2-,5-3?. The van der Waals surface area contributed by atoms with Crippen molar-refractivity contribution >= 4 is 0 Å². The Bertz CT molecular complexity index is 111. The Balaban J connectivity index is 2.44. The smallest absolute Gasteiger partial charge is 0.0651 e. The highest BCUT2D eigenvalue weighted by Crippen LogP contribution is 2.01. The van der Waals surface area contributed by atoms with E-state index in [-0.39, 0.29) is 0 Å². The van der Waals surface area contributed by atoms with Gasteiger partial charge in [-0.05, 0) is 5.92 Å². The summed E-state index contributed by atoms with van der Waals surface area (Å²) in [6.07, 6.45) is 8.42.